The van der Waals surface area contributed by atoms with Gasteiger partial charge in [-0.3, -0.25) is 4.79 Å². The van der Waals surface area contributed by atoms with Crippen molar-refractivity contribution in [2.45, 2.75) is 38.3 Å². The molecular weight excluding hydrogens is 188 g/mol. The molecule has 0 radical (unpaired) electrons. The van der Waals surface area contributed by atoms with Gasteiger partial charge in [0.2, 0.25) is 5.91 Å². The lowest BCUT2D eigenvalue weighted by Crippen LogP contribution is -2.41. The van der Waals surface area contributed by atoms with Crippen LogP contribution in [0.15, 0.2) is 0 Å². The molecule has 0 aromatic heterocycles. The van der Waals surface area contributed by atoms with Crippen LogP contribution in [0, 0.1) is 0 Å². The highest BCUT2D eigenvalue weighted by molar-refractivity contribution is 5.85. The predicted molar refractivity (Wildman–Crippen MR) is 54.1 cm³/mol. The van der Waals surface area contributed by atoms with Gasteiger partial charge in [-0.05, 0) is 25.8 Å². The van der Waals surface area contributed by atoms with Crippen LogP contribution in [0.5, 0.6) is 0 Å². The molecule has 1 amide bonds. The Morgan fingerprint density at radius 2 is 2.00 bits per heavy atom. The maximum absolute atomic E-state index is 11.3. The maximum Gasteiger partial charge on any atom is 0.219 e. The van der Waals surface area contributed by atoms with Crippen molar-refractivity contribution < 1.29 is 4.79 Å². The SMILES string of the molecule is CC(=O)N(C1CC1)C1CCNC1.Cl. The van der Waals surface area contributed by atoms with Gasteiger partial charge in [0, 0.05) is 25.6 Å². The summed E-state index contributed by atoms with van der Waals surface area (Å²) < 4.78 is 0. The van der Waals surface area contributed by atoms with Gasteiger partial charge in [0.05, 0.1) is 0 Å². The van der Waals surface area contributed by atoms with Crippen LogP contribution in [0.2, 0.25) is 0 Å². The Hall–Kier alpha value is -0.280. The van der Waals surface area contributed by atoms with E-state index in [-0.39, 0.29) is 18.3 Å². The number of rotatable bonds is 2. The third-order valence-corrected chi connectivity index (χ3v) is 2.73. The average molecular weight is 205 g/mol. The fraction of sp³-hybridized carbons (Fsp3) is 0.889. The summed E-state index contributed by atoms with van der Waals surface area (Å²) in [6.07, 6.45) is 3.57. The number of nitrogens with zero attached hydrogens (tertiary/aromatic N) is 1. The van der Waals surface area contributed by atoms with Crippen molar-refractivity contribution in [3.05, 3.63) is 0 Å². The zero-order valence-corrected chi connectivity index (χ0v) is 8.77. The van der Waals surface area contributed by atoms with E-state index in [1.54, 1.807) is 6.92 Å². The minimum absolute atomic E-state index is 0. The van der Waals surface area contributed by atoms with Gasteiger partial charge in [-0.15, -0.1) is 12.4 Å². The first kappa shape index (κ1) is 10.8. The monoisotopic (exact) mass is 204 g/mol. The Kier molecular flexibility index (Phi) is 3.56. The van der Waals surface area contributed by atoms with Gasteiger partial charge >= 0.3 is 0 Å². The van der Waals surface area contributed by atoms with Gasteiger partial charge in [0.1, 0.15) is 0 Å². The van der Waals surface area contributed by atoms with Crippen molar-refractivity contribution >= 4 is 18.3 Å². The first-order chi connectivity index (χ1) is 5.79. The molecule has 0 aromatic rings. The van der Waals surface area contributed by atoms with Gasteiger partial charge in [-0.2, -0.15) is 0 Å². The second-order valence-corrected chi connectivity index (χ2v) is 3.80. The van der Waals surface area contributed by atoms with E-state index in [2.05, 4.69) is 10.2 Å². The zero-order chi connectivity index (χ0) is 8.55. The van der Waals surface area contributed by atoms with E-state index in [9.17, 15) is 4.79 Å². The van der Waals surface area contributed by atoms with E-state index in [1.165, 1.54) is 12.8 Å². The normalized spacial score (nSPS) is 26.7. The van der Waals surface area contributed by atoms with Crippen LogP contribution in [0.4, 0.5) is 0 Å². The summed E-state index contributed by atoms with van der Waals surface area (Å²) in [5.74, 6) is 0.256. The van der Waals surface area contributed by atoms with E-state index in [1.807, 2.05) is 0 Å². The van der Waals surface area contributed by atoms with Crippen LogP contribution in [-0.2, 0) is 4.79 Å². The Balaban J connectivity index is 0.000000845. The van der Waals surface area contributed by atoms with Crippen molar-refractivity contribution in [1.29, 1.82) is 0 Å². The predicted octanol–water partition coefficient (Wildman–Crippen LogP) is 0.781. The number of nitrogens with one attached hydrogen (secondary N) is 1. The summed E-state index contributed by atoms with van der Waals surface area (Å²) in [5.41, 5.74) is 0. The Bertz CT molecular complexity index is 188. The second kappa shape index (κ2) is 4.29. The quantitative estimate of drug-likeness (QED) is 0.721. The molecule has 4 heteroatoms. The largest absolute Gasteiger partial charge is 0.336 e. The smallest absolute Gasteiger partial charge is 0.219 e. The van der Waals surface area contributed by atoms with Crippen molar-refractivity contribution in [2.75, 3.05) is 13.1 Å². The van der Waals surface area contributed by atoms with Crippen LogP contribution >= 0.6 is 12.4 Å². The number of amides is 1. The Labute approximate surface area is 85.3 Å². The van der Waals surface area contributed by atoms with Crippen molar-refractivity contribution in [2.24, 2.45) is 0 Å². The lowest BCUT2D eigenvalue weighted by atomic mass is 10.2. The summed E-state index contributed by atoms with van der Waals surface area (Å²) in [4.78, 5) is 13.4. The minimum Gasteiger partial charge on any atom is -0.336 e. The number of halogens is 1. The molecule has 0 spiro atoms. The highest BCUT2D eigenvalue weighted by atomic mass is 35.5. The van der Waals surface area contributed by atoms with E-state index >= 15 is 0 Å². The van der Waals surface area contributed by atoms with Gasteiger partial charge in [0.25, 0.3) is 0 Å². The molecule has 0 aromatic carbocycles. The van der Waals surface area contributed by atoms with Gasteiger partial charge < -0.3 is 10.2 Å². The maximum atomic E-state index is 11.3. The molecule has 1 saturated carbocycles. The van der Waals surface area contributed by atoms with Crippen LogP contribution in [0.1, 0.15) is 26.2 Å². The van der Waals surface area contributed by atoms with E-state index < -0.39 is 0 Å². The highest BCUT2D eigenvalue weighted by Gasteiger charge is 2.36. The Morgan fingerprint density at radius 1 is 1.31 bits per heavy atom. The number of hydrogen-bond acceptors (Lipinski definition) is 2. The van der Waals surface area contributed by atoms with Crippen LogP contribution < -0.4 is 5.32 Å². The fourth-order valence-electron chi connectivity index (χ4n) is 2.04. The summed E-state index contributed by atoms with van der Waals surface area (Å²) in [6.45, 7) is 3.76. The van der Waals surface area contributed by atoms with Crippen molar-refractivity contribution in [3.63, 3.8) is 0 Å². The zero-order valence-electron chi connectivity index (χ0n) is 7.95. The molecule has 1 aliphatic heterocycles. The third kappa shape index (κ3) is 2.35. The first-order valence-corrected chi connectivity index (χ1v) is 4.78. The van der Waals surface area contributed by atoms with E-state index in [0.29, 0.717) is 12.1 Å². The molecule has 76 valence electrons. The molecular formula is C9H17ClN2O. The Morgan fingerprint density at radius 3 is 2.38 bits per heavy atom. The molecule has 1 saturated heterocycles. The summed E-state index contributed by atoms with van der Waals surface area (Å²) in [5, 5.41) is 3.30. The number of hydrogen-bond donors (Lipinski definition) is 1. The molecule has 2 fully saturated rings. The molecule has 2 rings (SSSR count). The molecule has 1 heterocycles. The topological polar surface area (TPSA) is 32.3 Å². The van der Waals surface area contributed by atoms with Crippen LogP contribution in [-0.4, -0.2) is 36.0 Å². The van der Waals surface area contributed by atoms with E-state index in [4.69, 9.17) is 0 Å². The van der Waals surface area contributed by atoms with Crippen molar-refractivity contribution in [1.82, 2.24) is 10.2 Å². The molecule has 1 N–H and O–H groups in total. The van der Waals surface area contributed by atoms with Crippen LogP contribution in [0.3, 0.4) is 0 Å². The third-order valence-electron chi connectivity index (χ3n) is 2.73. The molecule has 0 bridgehead atoms. The standard InChI is InChI=1S/C9H16N2O.ClH/c1-7(12)11(8-2-3-8)9-4-5-10-6-9;/h8-10H,2-6H2,1H3;1H. The molecule has 3 nitrogen and oxygen atoms in total. The molecule has 2 aliphatic rings. The van der Waals surface area contributed by atoms with Gasteiger partial charge in [-0.1, -0.05) is 0 Å². The second-order valence-electron chi connectivity index (χ2n) is 3.80. The lowest BCUT2D eigenvalue weighted by molar-refractivity contribution is -0.131. The summed E-state index contributed by atoms with van der Waals surface area (Å²) in [7, 11) is 0. The van der Waals surface area contributed by atoms with E-state index in [0.717, 1.165) is 19.5 Å². The number of carbonyl (C=O) groups is 1. The summed E-state index contributed by atoms with van der Waals surface area (Å²) in [6, 6.07) is 1.06. The molecule has 13 heavy (non-hydrogen) atoms. The van der Waals surface area contributed by atoms with Crippen LogP contribution in [0.25, 0.3) is 0 Å². The highest BCUT2D eigenvalue weighted by Crippen LogP contribution is 2.30. The lowest BCUT2D eigenvalue weighted by Gasteiger charge is -2.27. The first-order valence-electron chi connectivity index (χ1n) is 4.78. The molecule has 1 aliphatic carbocycles. The fourth-order valence-corrected chi connectivity index (χ4v) is 2.04. The van der Waals surface area contributed by atoms with Gasteiger partial charge in [-0.25, -0.2) is 0 Å². The number of carbonyl (C=O) groups excluding carboxylic acids is 1. The van der Waals surface area contributed by atoms with Gasteiger partial charge in [0.15, 0.2) is 0 Å². The average Bonchev–Trinajstić information content (AvgIpc) is 2.65. The molecule has 1 atom stereocenters. The molecule has 1 unspecified atom stereocenters. The summed E-state index contributed by atoms with van der Waals surface area (Å²) >= 11 is 0. The van der Waals surface area contributed by atoms with Crippen molar-refractivity contribution in [3.8, 4) is 0 Å². The minimum atomic E-state index is 0.